The lowest BCUT2D eigenvalue weighted by Gasteiger charge is -2.26. The Morgan fingerprint density at radius 2 is 1.72 bits per heavy atom. The molecule has 5 N–H and O–H groups in total. The summed E-state index contributed by atoms with van der Waals surface area (Å²) in [6, 6.07) is 3.21. The molecule has 1 aromatic rings. The Morgan fingerprint density at radius 3 is 2.11 bits per heavy atom. The largest absolute Gasteiger partial charge is 0.376 e. The van der Waals surface area contributed by atoms with Gasteiger partial charge in [0.2, 0.25) is 6.54 Å². The highest BCUT2D eigenvalue weighted by molar-refractivity contribution is 7.72. The minimum atomic E-state index is -5.42. The van der Waals surface area contributed by atoms with E-state index in [1.807, 2.05) is 0 Å². The van der Waals surface area contributed by atoms with Crippen molar-refractivity contribution in [1.82, 2.24) is 0 Å². The van der Waals surface area contributed by atoms with Gasteiger partial charge in [-0.05, 0) is 13.0 Å². The quantitative estimate of drug-likeness (QED) is 0.365. The molecular formula is C8H14NO7P2+. The smallest absolute Gasteiger partial charge is 0.363 e. The third-order valence-corrected chi connectivity index (χ3v) is 6.05. The molecule has 8 nitrogen and oxygen atoms in total. The maximum Gasteiger partial charge on any atom is 0.376 e. The second kappa shape index (κ2) is 4.83. The van der Waals surface area contributed by atoms with Crippen LogP contribution in [0.25, 0.3) is 0 Å². The fraction of sp³-hybridized carbons (Fsp3) is 0.375. The van der Waals surface area contributed by atoms with Crippen LogP contribution in [0.3, 0.4) is 0 Å². The van der Waals surface area contributed by atoms with Crippen molar-refractivity contribution in [2.45, 2.75) is 18.6 Å². The monoisotopic (exact) mass is 298 g/mol. The molecule has 0 saturated heterocycles. The molecule has 0 fully saturated rings. The van der Waals surface area contributed by atoms with Gasteiger partial charge < -0.3 is 24.7 Å². The van der Waals surface area contributed by atoms with E-state index >= 15 is 0 Å². The Bertz CT molecular complexity index is 512. The van der Waals surface area contributed by atoms with Gasteiger partial charge in [0.15, 0.2) is 12.4 Å². The van der Waals surface area contributed by atoms with Gasteiger partial charge in [0.1, 0.15) is 0 Å². The van der Waals surface area contributed by atoms with Gasteiger partial charge in [0, 0.05) is 11.6 Å². The van der Waals surface area contributed by atoms with Crippen molar-refractivity contribution < 1.29 is 38.4 Å². The molecule has 10 heteroatoms. The molecule has 0 unspecified atom stereocenters. The van der Waals surface area contributed by atoms with Crippen LogP contribution in [0.1, 0.15) is 5.56 Å². The van der Waals surface area contributed by atoms with Crippen molar-refractivity contribution in [2.75, 3.05) is 0 Å². The Morgan fingerprint density at radius 1 is 1.22 bits per heavy atom. The second-order valence-corrected chi connectivity index (χ2v) is 7.92. The number of rotatable bonds is 4. The maximum atomic E-state index is 11.1. The van der Waals surface area contributed by atoms with Crippen molar-refractivity contribution in [1.29, 1.82) is 0 Å². The van der Waals surface area contributed by atoms with E-state index in [0.717, 1.165) is 4.57 Å². The van der Waals surface area contributed by atoms with Crippen LogP contribution in [0, 0.1) is 6.92 Å². The van der Waals surface area contributed by atoms with Crippen molar-refractivity contribution >= 4 is 15.2 Å². The van der Waals surface area contributed by atoms with Gasteiger partial charge in [0.05, 0.1) is 0 Å². The summed E-state index contributed by atoms with van der Waals surface area (Å²) in [5.41, 5.74) is 0.705. The van der Waals surface area contributed by atoms with E-state index in [2.05, 4.69) is 0 Å². The lowest BCUT2D eigenvalue weighted by atomic mass is 10.3. The first-order chi connectivity index (χ1) is 7.97. The first-order valence-electron chi connectivity index (χ1n) is 4.77. The minimum absolute atomic E-state index is 0.705. The van der Waals surface area contributed by atoms with Crippen LogP contribution in [0.15, 0.2) is 24.5 Å². The predicted molar refractivity (Wildman–Crippen MR) is 60.4 cm³/mol. The molecule has 0 spiro atoms. The van der Waals surface area contributed by atoms with Crippen molar-refractivity contribution in [3.05, 3.63) is 30.1 Å². The van der Waals surface area contributed by atoms with Crippen LogP contribution < -0.4 is 4.57 Å². The van der Waals surface area contributed by atoms with Crippen molar-refractivity contribution in [2.24, 2.45) is 0 Å². The first kappa shape index (κ1) is 15.5. The highest BCUT2D eigenvalue weighted by Crippen LogP contribution is 2.67. The highest BCUT2D eigenvalue weighted by atomic mass is 31.2. The first-order valence-corrected chi connectivity index (χ1v) is 7.99. The average Bonchev–Trinajstić information content (AvgIpc) is 2.13. The van der Waals surface area contributed by atoms with Crippen LogP contribution in [0.4, 0.5) is 0 Å². The molecule has 0 aromatic carbocycles. The van der Waals surface area contributed by atoms with Crippen LogP contribution >= 0.6 is 15.2 Å². The standard InChI is InChI=1S/C8H13NO7P2/c1-7-3-2-4-9(5-7)6-8(10,17(11,12)13)18(14,15)16/h2-5,10H,6H2,1H3,(H3-,11,12,13,14,15,16)/p+1. The number of aromatic nitrogens is 1. The van der Waals surface area contributed by atoms with E-state index in [9.17, 15) is 14.2 Å². The molecule has 0 aliphatic rings. The van der Waals surface area contributed by atoms with Gasteiger partial charge in [-0.15, -0.1) is 0 Å². The molecule has 102 valence electrons. The normalized spacial score (nSPS) is 13.7. The molecule has 0 atom stereocenters. The zero-order valence-corrected chi connectivity index (χ0v) is 11.2. The number of aliphatic hydroxyl groups is 1. The van der Waals surface area contributed by atoms with Gasteiger partial charge in [-0.2, -0.15) is 0 Å². The molecule has 0 aliphatic heterocycles. The Balaban J connectivity index is 3.25. The maximum absolute atomic E-state index is 11.1. The number of hydrogen-bond acceptors (Lipinski definition) is 3. The van der Waals surface area contributed by atoms with Crippen LogP contribution in [0.2, 0.25) is 0 Å². The molecule has 1 heterocycles. The Labute approximate surface area is 103 Å². The minimum Gasteiger partial charge on any atom is -0.363 e. The van der Waals surface area contributed by atoms with E-state index in [0.29, 0.717) is 5.56 Å². The van der Waals surface area contributed by atoms with E-state index < -0.39 is 26.8 Å². The SMILES string of the molecule is Cc1ccc[n+](CC(O)(P(=O)(O)O)P(=O)(O)O)c1. The molecule has 1 rings (SSSR count). The summed E-state index contributed by atoms with van der Waals surface area (Å²) in [6.07, 6.45) is 2.74. The van der Waals surface area contributed by atoms with E-state index in [1.165, 1.54) is 18.5 Å². The fourth-order valence-corrected chi connectivity index (χ4v) is 3.40. The molecule has 0 amide bonds. The number of pyridine rings is 1. The van der Waals surface area contributed by atoms with E-state index in [1.54, 1.807) is 13.0 Å². The third kappa shape index (κ3) is 3.05. The molecule has 0 radical (unpaired) electrons. The van der Waals surface area contributed by atoms with Gasteiger partial charge in [-0.3, -0.25) is 9.13 Å². The van der Waals surface area contributed by atoms with E-state index in [4.69, 9.17) is 19.6 Å². The summed E-state index contributed by atoms with van der Waals surface area (Å²) >= 11 is 0. The number of aryl methyl sites for hydroxylation is 1. The summed E-state index contributed by atoms with van der Waals surface area (Å²) in [4.78, 5) is 35.8. The van der Waals surface area contributed by atoms with Crippen LogP contribution in [-0.2, 0) is 15.7 Å². The summed E-state index contributed by atoms with van der Waals surface area (Å²) in [5, 5.41) is 6.25. The van der Waals surface area contributed by atoms with Gasteiger partial charge in [-0.1, -0.05) is 0 Å². The molecule has 18 heavy (non-hydrogen) atoms. The van der Waals surface area contributed by atoms with Gasteiger partial charge in [-0.25, -0.2) is 4.57 Å². The predicted octanol–water partition coefficient (Wildman–Crippen LogP) is -0.716. The fourth-order valence-electron chi connectivity index (χ4n) is 1.35. The lowest BCUT2D eigenvalue weighted by Crippen LogP contribution is -2.47. The number of nitrogens with zero attached hydrogens (tertiary/aromatic N) is 1. The molecule has 0 aliphatic carbocycles. The summed E-state index contributed by atoms with van der Waals surface area (Å²) in [6.45, 7) is 0.772. The Kier molecular flexibility index (Phi) is 4.15. The molecule has 0 bridgehead atoms. The zero-order chi connectivity index (χ0) is 14.2. The summed E-state index contributed by atoms with van der Waals surface area (Å²) in [7, 11) is -10.8. The second-order valence-electron chi connectivity index (χ2n) is 3.92. The van der Waals surface area contributed by atoms with Gasteiger partial charge >= 0.3 is 20.3 Å². The van der Waals surface area contributed by atoms with Crippen LogP contribution in [0.5, 0.6) is 0 Å². The van der Waals surface area contributed by atoms with Crippen LogP contribution in [-0.4, -0.2) is 29.8 Å². The molecular weight excluding hydrogens is 284 g/mol. The lowest BCUT2D eigenvalue weighted by molar-refractivity contribution is -0.703. The van der Waals surface area contributed by atoms with Gasteiger partial charge in [0.25, 0.3) is 0 Å². The number of hydrogen-bond donors (Lipinski definition) is 5. The average molecular weight is 298 g/mol. The molecule has 0 saturated carbocycles. The topological polar surface area (TPSA) is 139 Å². The van der Waals surface area contributed by atoms with E-state index in [-0.39, 0.29) is 0 Å². The van der Waals surface area contributed by atoms with Crippen molar-refractivity contribution in [3.63, 3.8) is 0 Å². The highest BCUT2D eigenvalue weighted by Gasteiger charge is 2.62. The third-order valence-electron chi connectivity index (χ3n) is 2.33. The zero-order valence-electron chi connectivity index (χ0n) is 9.41. The summed E-state index contributed by atoms with van der Waals surface area (Å²) < 4.78 is 23.4. The van der Waals surface area contributed by atoms with Crippen molar-refractivity contribution in [3.8, 4) is 0 Å². The summed E-state index contributed by atoms with van der Waals surface area (Å²) in [5.74, 6) is 0. The molecule has 1 aromatic heterocycles. The Hall–Kier alpha value is -0.590.